The summed E-state index contributed by atoms with van der Waals surface area (Å²) in [7, 11) is -3.65. The number of hydrogen-bond donors (Lipinski definition) is 2. The molecule has 0 aliphatic carbocycles. The van der Waals surface area contributed by atoms with Crippen LogP contribution in [-0.2, 0) is 16.6 Å². The van der Waals surface area contributed by atoms with Crippen LogP contribution in [0, 0.1) is 13.8 Å². The Morgan fingerprint density at radius 1 is 1.33 bits per heavy atom. The first-order valence-corrected chi connectivity index (χ1v) is 8.07. The number of aromatic nitrogens is 2. The van der Waals surface area contributed by atoms with E-state index >= 15 is 0 Å². The van der Waals surface area contributed by atoms with Crippen molar-refractivity contribution in [2.75, 3.05) is 4.72 Å². The topological polar surface area (TPSA) is 92.2 Å². The summed E-state index contributed by atoms with van der Waals surface area (Å²) < 4.78 is 26.6. The zero-order valence-corrected chi connectivity index (χ0v) is 12.1. The molecule has 0 bridgehead atoms. The predicted molar refractivity (Wildman–Crippen MR) is 70.4 cm³/mol. The van der Waals surface area contributed by atoms with E-state index < -0.39 is 10.0 Å². The number of aliphatic hydroxyl groups is 1. The molecular weight excluding hydrogens is 294 g/mol. The van der Waals surface area contributed by atoms with Crippen LogP contribution in [-0.4, -0.2) is 23.7 Å². The highest BCUT2D eigenvalue weighted by Gasteiger charge is 2.20. The number of anilines is 1. The van der Waals surface area contributed by atoms with Crippen LogP contribution in [0.25, 0.3) is 0 Å². The maximum absolute atomic E-state index is 12.0. The summed E-state index contributed by atoms with van der Waals surface area (Å²) in [6, 6.07) is 1.53. The molecule has 18 heavy (non-hydrogen) atoms. The van der Waals surface area contributed by atoms with Crippen molar-refractivity contribution < 1.29 is 13.5 Å². The molecule has 0 amide bonds. The van der Waals surface area contributed by atoms with Crippen LogP contribution in [0.3, 0.4) is 0 Å². The first kappa shape index (κ1) is 13.4. The molecule has 6 nitrogen and oxygen atoms in total. The van der Waals surface area contributed by atoms with Gasteiger partial charge in [-0.3, -0.25) is 4.72 Å². The molecule has 0 saturated carbocycles. The number of hydrogen-bond acceptors (Lipinski definition) is 7. The first-order chi connectivity index (χ1) is 8.42. The Morgan fingerprint density at radius 3 is 2.56 bits per heavy atom. The number of thiophene rings is 1. The second kappa shape index (κ2) is 4.92. The summed E-state index contributed by atoms with van der Waals surface area (Å²) in [5, 5.41) is 17.4. The van der Waals surface area contributed by atoms with E-state index in [2.05, 4.69) is 14.9 Å². The van der Waals surface area contributed by atoms with E-state index in [-0.39, 0.29) is 15.9 Å². The number of aliphatic hydroxyl groups excluding tert-OH is 1. The van der Waals surface area contributed by atoms with E-state index in [1.54, 1.807) is 13.8 Å². The number of rotatable bonds is 4. The fourth-order valence-corrected chi connectivity index (χ4v) is 4.55. The van der Waals surface area contributed by atoms with Crippen LogP contribution < -0.4 is 4.72 Å². The van der Waals surface area contributed by atoms with Crippen molar-refractivity contribution in [2.24, 2.45) is 0 Å². The highest BCUT2D eigenvalue weighted by atomic mass is 32.2. The van der Waals surface area contributed by atoms with Crippen molar-refractivity contribution in [3.8, 4) is 0 Å². The van der Waals surface area contributed by atoms with Crippen LogP contribution in [0.4, 0.5) is 5.13 Å². The van der Waals surface area contributed by atoms with E-state index in [0.29, 0.717) is 9.88 Å². The van der Waals surface area contributed by atoms with Crippen molar-refractivity contribution in [1.29, 1.82) is 0 Å². The Labute approximate surface area is 112 Å². The Hall–Kier alpha value is -1.03. The molecule has 2 rings (SSSR count). The predicted octanol–water partition coefficient (Wildman–Crippen LogP) is 1.51. The number of nitrogens with zero attached hydrogens (tertiary/aromatic N) is 2. The lowest BCUT2D eigenvalue weighted by Crippen LogP contribution is -2.11. The van der Waals surface area contributed by atoms with Crippen molar-refractivity contribution in [1.82, 2.24) is 10.2 Å². The average Bonchev–Trinajstić information content (AvgIpc) is 2.84. The highest BCUT2D eigenvalue weighted by Crippen LogP contribution is 2.28. The molecule has 9 heteroatoms. The normalized spacial score (nSPS) is 11.7. The van der Waals surface area contributed by atoms with Gasteiger partial charge in [0.05, 0.1) is 6.61 Å². The fourth-order valence-electron chi connectivity index (χ4n) is 1.28. The number of sulfonamides is 1. The third-order valence-corrected chi connectivity index (χ3v) is 6.07. The fraction of sp³-hybridized carbons (Fsp3) is 0.333. The zero-order chi connectivity index (χ0) is 13.3. The smallest absolute Gasteiger partial charge is 0.273 e. The average molecular weight is 305 g/mol. The van der Waals surface area contributed by atoms with Gasteiger partial charge in [0.25, 0.3) is 10.0 Å². The van der Waals surface area contributed by atoms with E-state index in [1.807, 2.05) is 0 Å². The molecule has 2 aromatic rings. The minimum Gasteiger partial charge on any atom is -0.391 e. The standard InChI is InChI=1S/C9H11N3O3S3/c1-5-3-8(17-7(5)4-13)18(14,15)12-9-11-10-6(2)16-9/h3,13H,4H2,1-2H3,(H,11,12). The number of nitrogens with one attached hydrogen (secondary N) is 1. The third kappa shape index (κ3) is 2.69. The molecule has 0 fully saturated rings. The number of aryl methyl sites for hydroxylation is 2. The van der Waals surface area contributed by atoms with E-state index in [9.17, 15) is 8.42 Å². The van der Waals surface area contributed by atoms with Gasteiger partial charge in [0.1, 0.15) is 9.22 Å². The molecule has 98 valence electrons. The van der Waals surface area contributed by atoms with E-state index in [0.717, 1.165) is 16.9 Å². The van der Waals surface area contributed by atoms with E-state index in [1.165, 1.54) is 17.4 Å². The van der Waals surface area contributed by atoms with Crippen molar-refractivity contribution >= 4 is 37.8 Å². The van der Waals surface area contributed by atoms with Crippen LogP contribution in [0.15, 0.2) is 10.3 Å². The summed E-state index contributed by atoms with van der Waals surface area (Å²) in [5.74, 6) is 0. The minimum atomic E-state index is -3.65. The summed E-state index contributed by atoms with van der Waals surface area (Å²) in [5.41, 5.74) is 0.760. The van der Waals surface area contributed by atoms with Crippen molar-refractivity contribution in [2.45, 2.75) is 24.7 Å². The molecular formula is C9H11N3O3S3. The summed E-state index contributed by atoms with van der Waals surface area (Å²) >= 11 is 2.22. The van der Waals surface area contributed by atoms with E-state index in [4.69, 9.17) is 5.11 Å². The third-order valence-electron chi connectivity index (χ3n) is 2.15. The van der Waals surface area contributed by atoms with Gasteiger partial charge in [0.2, 0.25) is 5.13 Å². The molecule has 2 heterocycles. The quantitative estimate of drug-likeness (QED) is 0.893. The summed E-state index contributed by atoms with van der Waals surface area (Å²) in [6.07, 6.45) is 0. The van der Waals surface area contributed by atoms with Gasteiger partial charge >= 0.3 is 0 Å². The lowest BCUT2D eigenvalue weighted by Gasteiger charge is -2.00. The Kier molecular flexibility index (Phi) is 3.66. The largest absolute Gasteiger partial charge is 0.391 e. The Bertz CT molecular complexity index is 660. The van der Waals surface area contributed by atoms with Crippen LogP contribution in [0.2, 0.25) is 0 Å². The second-order valence-corrected chi connectivity index (χ2v) is 7.79. The van der Waals surface area contributed by atoms with Gasteiger partial charge in [0.15, 0.2) is 0 Å². The van der Waals surface area contributed by atoms with Gasteiger partial charge in [-0.05, 0) is 25.5 Å². The van der Waals surface area contributed by atoms with Crippen LogP contribution in [0.5, 0.6) is 0 Å². The Balaban J connectivity index is 2.30. The zero-order valence-electron chi connectivity index (χ0n) is 9.67. The molecule has 0 saturated heterocycles. The molecule has 0 aliphatic rings. The lowest BCUT2D eigenvalue weighted by molar-refractivity contribution is 0.285. The van der Waals surface area contributed by atoms with Crippen LogP contribution >= 0.6 is 22.7 Å². The molecule has 0 radical (unpaired) electrons. The van der Waals surface area contributed by atoms with Crippen LogP contribution in [0.1, 0.15) is 15.4 Å². The lowest BCUT2D eigenvalue weighted by atomic mass is 10.3. The monoisotopic (exact) mass is 305 g/mol. The summed E-state index contributed by atoms with van der Waals surface area (Å²) in [4.78, 5) is 0.642. The molecule has 0 spiro atoms. The van der Waals surface area contributed by atoms with Crippen molar-refractivity contribution in [3.63, 3.8) is 0 Å². The molecule has 2 aromatic heterocycles. The van der Waals surface area contributed by atoms with Gasteiger partial charge in [-0.25, -0.2) is 8.42 Å². The maximum atomic E-state index is 12.0. The second-order valence-electron chi connectivity index (χ2n) is 3.56. The maximum Gasteiger partial charge on any atom is 0.273 e. The molecule has 2 N–H and O–H groups in total. The Morgan fingerprint density at radius 2 is 2.06 bits per heavy atom. The summed E-state index contributed by atoms with van der Waals surface area (Å²) in [6.45, 7) is 3.34. The minimum absolute atomic E-state index is 0.163. The molecule has 0 atom stereocenters. The van der Waals surface area contributed by atoms with Gasteiger partial charge in [-0.1, -0.05) is 11.3 Å². The van der Waals surface area contributed by atoms with Gasteiger partial charge in [-0.2, -0.15) is 0 Å². The molecule has 0 unspecified atom stereocenters. The van der Waals surface area contributed by atoms with Gasteiger partial charge in [-0.15, -0.1) is 21.5 Å². The molecule has 0 aromatic carbocycles. The van der Waals surface area contributed by atoms with Gasteiger partial charge < -0.3 is 5.11 Å². The highest BCUT2D eigenvalue weighted by molar-refractivity contribution is 7.94. The SMILES string of the molecule is Cc1nnc(NS(=O)(=O)c2cc(C)c(CO)s2)s1. The molecule has 0 aliphatic heterocycles. The van der Waals surface area contributed by atoms with Gasteiger partial charge in [0, 0.05) is 4.88 Å². The first-order valence-electron chi connectivity index (χ1n) is 4.95. The van der Waals surface area contributed by atoms with Crippen molar-refractivity contribution in [3.05, 3.63) is 21.5 Å².